The molecule has 0 saturated carbocycles. The predicted octanol–water partition coefficient (Wildman–Crippen LogP) is 3.44. The Kier molecular flexibility index (Phi) is 5.36. The van der Waals surface area contributed by atoms with Crippen LogP contribution in [0.2, 0.25) is 0 Å². The van der Waals surface area contributed by atoms with Gasteiger partial charge in [-0.2, -0.15) is 0 Å². The van der Waals surface area contributed by atoms with Crippen molar-refractivity contribution in [1.82, 2.24) is 10.3 Å². The van der Waals surface area contributed by atoms with Crippen LogP contribution >= 0.6 is 11.3 Å². The highest BCUT2D eigenvalue weighted by molar-refractivity contribution is 7.09. The molecule has 0 aliphatic rings. The van der Waals surface area contributed by atoms with Gasteiger partial charge in [0, 0.05) is 36.1 Å². The van der Waals surface area contributed by atoms with Gasteiger partial charge in [-0.15, -0.1) is 11.3 Å². The van der Waals surface area contributed by atoms with Crippen molar-refractivity contribution in [3.63, 3.8) is 0 Å². The second-order valence-corrected chi connectivity index (χ2v) is 5.37. The van der Waals surface area contributed by atoms with E-state index in [4.69, 9.17) is 4.74 Å². The van der Waals surface area contributed by atoms with Gasteiger partial charge in [0.25, 0.3) is 0 Å². The van der Waals surface area contributed by atoms with Gasteiger partial charge in [0.15, 0.2) is 0 Å². The molecule has 19 heavy (non-hydrogen) atoms. The monoisotopic (exact) mass is 276 g/mol. The van der Waals surface area contributed by atoms with Crippen LogP contribution in [0.25, 0.3) is 0 Å². The smallest absolute Gasteiger partial charge is 0.123 e. The van der Waals surface area contributed by atoms with E-state index in [0.717, 1.165) is 18.8 Å². The number of hydrogen-bond acceptors (Lipinski definition) is 4. The maximum absolute atomic E-state index is 5.62. The first-order chi connectivity index (χ1) is 9.31. The van der Waals surface area contributed by atoms with Gasteiger partial charge >= 0.3 is 0 Å². The average Bonchev–Trinajstić information content (AvgIpc) is 2.95. The van der Waals surface area contributed by atoms with Gasteiger partial charge in [0.2, 0.25) is 0 Å². The lowest BCUT2D eigenvalue weighted by atomic mass is 10.1. The SMILES string of the molecule is CCOc1ccccc1CNCC(C)c1nccs1. The number of rotatable bonds is 7. The molecule has 2 rings (SSSR count). The summed E-state index contributed by atoms with van der Waals surface area (Å²) in [6.45, 7) is 6.65. The number of thiazole rings is 1. The molecule has 1 atom stereocenters. The lowest BCUT2D eigenvalue weighted by molar-refractivity contribution is 0.335. The van der Waals surface area contributed by atoms with Gasteiger partial charge in [-0.3, -0.25) is 0 Å². The molecule has 2 aromatic rings. The van der Waals surface area contributed by atoms with Crippen molar-refractivity contribution in [1.29, 1.82) is 0 Å². The average molecular weight is 276 g/mol. The van der Waals surface area contributed by atoms with Crippen molar-refractivity contribution in [2.24, 2.45) is 0 Å². The summed E-state index contributed by atoms with van der Waals surface area (Å²) in [7, 11) is 0. The minimum atomic E-state index is 0.444. The van der Waals surface area contributed by atoms with Gasteiger partial charge in [-0.1, -0.05) is 25.1 Å². The van der Waals surface area contributed by atoms with E-state index in [1.165, 1.54) is 10.6 Å². The Balaban J connectivity index is 1.85. The molecular weight excluding hydrogens is 256 g/mol. The number of benzene rings is 1. The molecule has 0 fully saturated rings. The summed E-state index contributed by atoms with van der Waals surface area (Å²) in [5.41, 5.74) is 1.20. The Morgan fingerprint density at radius 2 is 2.21 bits per heavy atom. The predicted molar refractivity (Wildman–Crippen MR) is 79.8 cm³/mol. The lowest BCUT2D eigenvalue weighted by Gasteiger charge is -2.13. The van der Waals surface area contributed by atoms with Crippen molar-refractivity contribution < 1.29 is 4.74 Å². The van der Waals surface area contributed by atoms with Crippen LogP contribution in [0.4, 0.5) is 0 Å². The van der Waals surface area contributed by atoms with Crippen LogP contribution in [-0.2, 0) is 6.54 Å². The van der Waals surface area contributed by atoms with Gasteiger partial charge in [0.1, 0.15) is 5.75 Å². The number of nitrogens with one attached hydrogen (secondary N) is 1. The van der Waals surface area contributed by atoms with E-state index in [0.29, 0.717) is 12.5 Å². The Morgan fingerprint density at radius 1 is 1.37 bits per heavy atom. The van der Waals surface area contributed by atoms with Crippen molar-refractivity contribution in [3.8, 4) is 5.75 Å². The van der Waals surface area contributed by atoms with Crippen molar-refractivity contribution in [2.45, 2.75) is 26.3 Å². The van der Waals surface area contributed by atoms with E-state index in [1.54, 1.807) is 11.3 Å². The third-order valence-electron chi connectivity index (χ3n) is 2.91. The molecule has 0 amide bonds. The van der Waals surface area contributed by atoms with Crippen molar-refractivity contribution in [3.05, 3.63) is 46.4 Å². The van der Waals surface area contributed by atoms with Crippen molar-refractivity contribution in [2.75, 3.05) is 13.2 Å². The van der Waals surface area contributed by atoms with Crippen LogP contribution in [0.1, 0.15) is 30.3 Å². The van der Waals surface area contributed by atoms with Crippen LogP contribution in [0.5, 0.6) is 5.75 Å². The molecule has 0 radical (unpaired) electrons. The molecule has 0 bridgehead atoms. The standard InChI is InChI=1S/C15H20N2OS/c1-3-18-14-7-5-4-6-13(14)11-16-10-12(2)15-17-8-9-19-15/h4-9,12,16H,3,10-11H2,1-2H3. The molecule has 3 nitrogen and oxygen atoms in total. The van der Waals surface area contributed by atoms with E-state index in [2.05, 4.69) is 23.3 Å². The highest BCUT2D eigenvalue weighted by atomic mass is 32.1. The first-order valence-corrected chi connectivity index (χ1v) is 7.50. The van der Waals surface area contributed by atoms with E-state index in [9.17, 15) is 0 Å². The number of para-hydroxylation sites is 1. The molecule has 1 aromatic heterocycles. The highest BCUT2D eigenvalue weighted by Gasteiger charge is 2.08. The summed E-state index contributed by atoms with van der Waals surface area (Å²) in [5.74, 6) is 1.42. The topological polar surface area (TPSA) is 34.1 Å². The second-order valence-electron chi connectivity index (χ2n) is 4.44. The van der Waals surface area contributed by atoms with Crippen LogP contribution in [0, 0.1) is 0 Å². The summed E-state index contributed by atoms with van der Waals surface area (Å²) in [5, 5.41) is 6.68. The van der Waals surface area contributed by atoms with Crippen LogP contribution in [0.15, 0.2) is 35.8 Å². The maximum Gasteiger partial charge on any atom is 0.123 e. The first-order valence-electron chi connectivity index (χ1n) is 6.62. The van der Waals surface area contributed by atoms with Crippen LogP contribution in [0.3, 0.4) is 0 Å². The number of nitrogens with zero attached hydrogens (tertiary/aromatic N) is 1. The largest absolute Gasteiger partial charge is 0.494 e. The van der Waals surface area contributed by atoms with Gasteiger partial charge in [-0.25, -0.2) is 4.98 Å². The molecule has 1 unspecified atom stereocenters. The van der Waals surface area contributed by atoms with E-state index < -0.39 is 0 Å². The zero-order valence-electron chi connectivity index (χ0n) is 11.4. The van der Waals surface area contributed by atoms with Crippen LogP contribution in [-0.4, -0.2) is 18.1 Å². The summed E-state index contributed by atoms with van der Waals surface area (Å²) >= 11 is 1.71. The fourth-order valence-corrected chi connectivity index (χ4v) is 2.63. The quantitative estimate of drug-likeness (QED) is 0.841. The Morgan fingerprint density at radius 3 is 2.95 bits per heavy atom. The highest BCUT2D eigenvalue weighted by Crippen LogP contribution is 2.19. The fourth-order valence-electron chi connectivity index (χ4n) is 1.93. The maximum atomic E-state index is 5.62. The van der Waals surface area contributed by atoms with Gasteiger partial charge in [0.05, 0.1) is 11.6 Å². The summed E-state index contributed by atoms with van der Waals surface area (Å²) in [6.07, 6.45) is 1.86. The molecule has 1 N–H and O–H groups in total. The Hall–Kier alpha value is -1.39. The Labute approximate surface area is 118 Å². The molecule has 1 heterocycles. The van der Waals surface area contributed by atoms with Gasteiger partial charge < -0.3 is 10.1 Å². The first kappa shape index (κ1) is 14.0. The minimum Gasteiger partial charge on any atom is -0.494 e. The minimum absolute atomic E-state index is 0.444. The lowest BCUT2D eigenvalue weighted by Crippen LogP contribution is -2.20. The second kappa shape index (κ2) is 7.26. The molecule has 102 valence electrons. The molecule has 0 spiro atoms. The number of hydrogen-bond donors (Lipinski definition) is 1. The van der Waals surface area contributed by atoms with E-state index >= 15 is 0 Å². The summed E-state index contributed by atoms with van der Waals surface area (Å²) < 4.78 is 5.62. The zero-order valence-corrected chi connectivity index (χ0v) is 12.2. The molecule has 4 heteroatoms. The number of ether oxygens (including phenoxy) is 1. The molecule has 0 saturated heterocycles. The Bertz CT molecular complexity index is 485. The van der Waals surface area contributed by atoms with E-state index in [-0.39, 0.29) is 0 Å². The fraction of sp³-hybridized carbons (Fsp3) is 0.400. The third kappa shape index (κ3) is 4.04. The molecule has 0 aliphatic heterocycles. The van der Waals surface area contributed by atoms with Crippen molar-refractivity contribution >= 4 is 11.3 Å². The zero-order chi connectivity index (χ0) is 13.5. The van der Waals surface area contributed by atoms with E-state index in [1.807, 2.05) is 36.7 Å². The molecule has 1 aromatic carbocycles. The molecular formula is C15H20N2OS. The normalized spacial score (nSPS) is 12.3. The third-order valence-corrected chi connectivity index (χ3v) is 3.92. The summed E-state index contributed by atoms with van der Waals surface area (Å²) in [6, 6.07) is 8.17. The molecule has 0 aliphatic carbocycles. The summed E-state index contributed by atoms with van der Waals surface area (Å²) in [4.78, 5) is 4.34. The van der Waals surface area contributed by atoms with Gasteiger partial charge in [-0.05, 0) is 13.0 Å². The van der Waals surface area contributed by atoms with Crippen LogP contribution < -0.4 is 10.1 Å². The number of aromatic nitrogens is 1.